The zero-order valence-corrected chi connectivity index (χ0v) is 14.9. The molecule has 6 nitrogen and oxygen atoms in total. The van der Waals surface area contributed by atoms with E-state index >= 15 is 0 Å². The summed E-state index contributed by atoms with van der Waals surface area (Å²) in [6.07, 6.45) is 5.82. The minimum atomic E-state index is -3.37. The van der Waals surface area contributed by atoms with Gasteiger partial charge in [-0.3, -0.25) is 4.79 Å². The van der Waals surface area contributed by atoms with E-state index in [1.807, 2.05) is 24.3 Å². The number of rotatable bonds is 4. The molecule has 1 aromatic carbocycles. The highest BCUT2D eigenvalue weighted by molar-refractivity contribution is 7.88. The Hall–Kier alpha value is -1.60. The van der Waals surface area contributed by atoms with Gasteiger partial charge in [0, 0.05) is 31.0 Å². The Morgan fingerprint density at radius 3 is 2.54 bits per heavy atom. The number of nitrogens with zero attached hydrogens (tertiary/aromatic N) is 2. The number of nitrogens with one attached hydrogen (secondary N) is 1. The molecule has 132 valence electrons. The van der Waals surface area contributed by atoms with Crippen LogP contribution in [0.3, 0.4) is 0 Å². The van der Waals surface area contributed by atoms with Crippen LogP contribution in [0.2, 0.25) is 0 Å². The normalized spacial score (nSPS) is 22.5. The van der Waals surface area contributed by atoms with E-state index in [1.165, 1.54) is 23.4 Å². The fraction of sp³-hybridized carbons (Fsp3) is 0.588. The van der Waals surface area contributed by atoms with Gasteiger partial charge >= 0.3 is 0 Å². The molecule has 0 spiro atoms. The highest BCUT2D eigenvalue weighted by atomic mass is 32.2. The van der Waals surface area contributed by atoms with Crippen molar-refractivity contribution in [1.82, 2.24) is 4.31 Å². The maximum Gasteiger partial charge on any atom is 0.242 e. The number of anilines is 2. The van der Waals surface area contributed by atoms with Crippen LogP contribution < -0.4 is 10.2 Å². The number of carbonyl (C=O) groups is 1. The molecular formula is C17H25N3O3S. The van der Waals surface area contributed by atoms with E-state index in [1.54, 1.807) is 0 Å². The first-order valence-electron chi connectivity index (χ1n) is 8.58. The molecule has 1 N–H and O–H groups in total. The molecule has 0 radical (unpaired) electrons. The van der Waals surface area contributed by atoms with Crippen LogP contribution in [0.4, 0.5) is 11.4 Å². The fourth-order valence-corrected chi connectivity index (χ4v) is 4.67. The summed E-state index contributed by atoms with van der Waals surface area (Å²) in [5.74, 6) is -0.237. The highest BCUT2D eigenvalue weighted by Crippen LogP contribution is 2.25. The molecule has 7 heteroatoms. The Labute approximate surface area is 143 Å². The number of amides is 1. The molecular weight excluding hydrogens is 326 g/mol. The predicted octanol–water partition coefficient (Wildman–Crippen LogP) is 2.04. The number of carbonyl (C=O) groups excluding carboxylic acids is 1. The van der Waals surface area contributed by atoms with E-state index in [4.69, 9.17) is 0 Å². The summed E-state index contributed by atoms with van der Waals surface area (Å²) < 4.78 is 25.2. The van der Waals surface area contributed by atoms with E-state index in [2.05, 4.69) is 10.2 Å². The third-order valence-electron chi connectivity index (χ3n) is 4.77. The van der Waals surface area contributed by atoms with Crippen LogP contribution in [0.15, 0.2) is 24.3 Å². The number of benzene rings is 1. The maximum atomic E-state index is 12.6. The van der Waals surface area contributed by atoms with Gasteiger partial charge < -0.3 is 10.2 Å². The van der Waals surface area contributed by atoms with Crippen molar-refractivity contribution < 1.29 is 13.2 Å². The van der Waals surface area contributed by atoms with Crippen molar-refractivity contribution in [2.75, 3.05) is 36.1 Å². The average Bonchev–Trinajstić information content (AvgIpc) is 3.09. The molecule has 2 aliphatic rings. The largest absolute Gasteiger partial charge is 0.371 e. The van der Waals surface area contributed by atoms with E-state index in [0.717, 1.165) is 37.3 Å². The summed E-state index contributed by atoms with van der Waals surface area (Å²) in [7, 11) is -3.37. The maximum absolute atomic E-state index is 12.6. The molecule has 1 aromatic rings. The van der Waals surface area contributed by atoms with Crippen LogP contribution in [0.25, 0.3) is 0 Å². The summed E-state index contributed by atoms with van der Waals surface area (Å²) in [5.41, 5.74) is 1.83. The first-order chi connectivity index (χ1) is 11.4. The van der Waals surface area contributed by atoms with E-state index in [-0.39, 0.29) is 5.91 Å². The van der Waals surface area contributed by atoms with E-state index < -0.39 is 16.1 Å². The summed E-state index contributed by atoms with van der Waals surface area (Å²) in [5, 5.41) is 2.91. The number of hydrogen-bond acceptors (Lipinski definition) is 4. The molecule has 2 aliphatic heterocycles. The zero-order valence-electron chi connectivity index (χ0n) is 14.1. The molecule has 3 rings (SSSR count). The second-order valence-electron chi connectivity index (χ2n) is 6.62. The van der Waals surface area contributed by atoms with Crippen molar-refractivity contribution in [2.45, 2.75) is 38.1 Å². The molecule has 0 saturated carbocycles. The summed E-state index contributed by atoms with van der Waals surface area (Å²) >= 11 is 0. The Balaban J connectivity index is 1.72. The lowest BCUT2D eigenvalue weighted by Crippen LogP contribution is -2.49. The number of piperidine rings is 1. The molecule has 2 fully saturated rings. The summed E-state index contributed by atoms with van der Waals surface area (Å²) in [6, 6.07) is 7.19. The van der Waals surface area contributed by atoms with Gasteiger partial charge in [-0.2, -0.15) is 4.31 Å². The van der Waals surface area contributed by atoms with Gasteiger partial charge in [0.25, 0.3) is 0 Å². The average molecular weight is 351 g/mol. The van der Waals surface area contributed by atoms with Crippen molar-refractivity contribution in [3.8, 4) is 0 Å². The van der Waals surface area contributed by atoms with Crippen LogP contribution >= 0.6 is 0 Å². The number of sulfonamides is 1. The Kier molecular flexibility index (Phi) is 5.10. The van der Waals surface area contributed by atoms with Crippen LogP contribution in [0, 0.1) is 0 Å². The Morgan fingerprint density at radius 2 is 1.83 bits per heavy atom. The van der Waals surface area contributed by atoms with E-state index in [0.29, 0.717) is 13.0 Å². The third-order valence-corrected chi connectivity index (χ3v) is 6.06. The molecule has 0 aromatic heterocycles. The minimum absolute atomic E-state index is 0.237. The van der Waals surface area contributed by atoms with Crippen molar-refractivity contribution >= 4 is 27.3 Å². The first kappa shape index (κ1) is 17.2. The summed E-state index contributed by atoms with van der Waals surface area (Å²) in [6.45, 7) is 2.51. The Morgan fingerprint density at radius 1 is 1.12 bits per heavy atom. The van der Waals surface area contributed by atoms with Gasteiger partial charge in [-0.05, 0) is 43.9 Å². The van der Waals surface area contributed by atoms with Crippen LogP contribution in [0.1, 0.15) is 32.1 Å². The molecule has 0 bridgehead atoms. The fourth-order valence-electron chi connectivity index (χ4n) is 3.55. The monoisotopic (exact) mass is 351 g/mol. The lowest BCUT2D eigenvalue weighted by molar-refractivity contribution is -0.120. The molecule has 24 heavy (non-hydrogen) atoms. The van der Waals surface area contributed by atoms with Gasteiger partial charge in [-0.1, -0.05) is 12.5 Å². The Bertz CT molecular complexity index is 699. The van der Waals surface area contributed by atoms with Gasteiger partial charge in [-0.25, -0.2) is 8.42 Å². The van der Waals surface area contributed by atoms with Gasteiger partial charge in [0.15, 0.2) is 0 Å². The van der Waals surface area contributed by atoms with Crippen molar-refractivity contribution in [2.24, 2.45) is 0 Å². The standard InChI is InChI=1S/C17H25N3O3S/c1-24(22,23)20-12-3-2-9-16(20)17(21)18-14-7-6-8-15(13-14)19-10-4-5-11-19/h6-8,13,16H,2-5,9-12H2,1H3,(H,18,21). The van der Waals surface area contributed by atoms with Crippen LogP contribution in [0.5, 0.6) is 0 Å². The van der Waals surface area contributed by atoms with Gasteiger partial charge in [0.2, 0.25) is 15.9 Å². The van der Waals surface area contributed by atoms with Crippen molar-refractivity contribution in [3.63, 3.8) is 0 Å². The molecule has 2 heterocycles. The molecule has 2 saturated heterocycles. The highest BCUT2D eigenvalue weighted by Gasteiger charge is 2.34. The molecule has 1 unspecified atom stereocenters. The lowest BCUT2D eigenvalue weighted by atomic mass is 10.0. The lowest BCUT2D eigenvalue weighted by Gasteiger charge is -2.32. The van der Waals surface area contributed by atoms with Gasteiger partial charge in [-0.15, -0.1) is 0 Å². The number of hydrogen-bond donors (Lipinski definition) is 1. The predicted molar refractivity (Wildman–Crippen MR) is 95.7 cm³/mol. The first-order valence-corrected chi connectivity index (χ1v) is 10.4. The van der Waals surface area contributed by atoms with Gasteiger partial charge in [0.1, 0.15) is 6.04 Å². The second kappa shape index (κ2) is 7.11. The topological polar surface area (TPSA) is 69.7 Å². The van der Waals surface area contributed by atoms with Gasteiger partial charge in [0.05, 0.1) is 6.26 Å². The van der Waals surface area contributed by atoms with E-state index in [9.17, 15) is 13.2 Å². The SMILES string of the molecule is CS(=O)(=O)N1CCCCC1C(=O)Nc1cccc(N2CCCC2)c1. The smallest absolute Gasteiger partial charge is 0.242 e. The molecule has 0 aliphatic carbocycles. The third kappa shape index (κ3) is 3.89. The summed E-state index contributed by atoms with van der Waals surface area (Å²) in [4.78, 5) is 14.9. The minimum Gasteiger partial charge on any atom is -0.371 e. The van der Waals surface area contributed by atoms with Crippen molar-refractivity contribution in [1.29, 1.82) is 0 Å². The molecule has 1 amide bonds. The van der Waals surface area contributed by atoms with Crippen LogP contribution in [-0.4, -0.2) is 50.6 Å². The van der Waals surface area contributed by atoms with Crippen LogP contribution in [-0.2, 0) is 14.8 Å². The van der Waals surface area contributed by atoms with Crippen molar-refractivity contribution in [3.05, 3.63) is 24.3 Å². The second-order valence-corrected chi connectivity index (χ2v) is 8.55. The zero-order chi connectivity index (χ0) is 17.2. The quantitative estimate of drug-likeness (QED) is 0.901. The molecule has 1 atom stereocenters.